The third-order valence-electron chi connectivity index (χ3n) is 3.72. The van der Waals surface area contributed by atoms with Crippen LogP contribution in [0.3, 0.4) is 0 Å². The minimum Gasteiger partial charge on any atom is -0.454 e. The van der Waals surface area contributed by atoms with Gasteiger partial charge in [0.1, 0.15) is 11.4 Å². The lowest BCUT2D eigenvalue weighted by molar-refractivity contribution is 0.174. The van der Waals surface area contributed by atoms with Gasteiger partial charge in [-0.15, -0.1) is 0 Å². The van der Waals surface area contributed by atoms with Crippen LogP contribution >= 0.6 is 0 Å². The zero-order valence-corrected chi connectivity index (χ0v) is 12.5. The Morgan fingerprint density at radius 3 is 2.67 bits per heavy atom. The number of pyridine rings is 1. The van der Waals surface area contributed by atoms with E-state index in [1.54, 1.807) is 24.4 Å². The van der Waals surface area contributed by atoms with Crippen LogP contribution in [-0.2, 0) is 6.54 Å². The number of fused-ring (bicyclic) bond motifs is 1. The van der Waals surface area contributed by atoms with Crippen molar-refractivity contribution in [2.75, 3.05) is 17.4 Å². The first kappa shape index (κ1) is 14.3. The van der Waals surface area contributed by atoms with Crippen molar-refractivity contribution in [2.24, 2.45) is 0 Å². The molecular formula is C17H13N3O4. The van der Waals surface area contributed by atoms with Crippen LogP contribution in [0.25, 0.3) is 0 Å². The van der Waals surface area contributed by atoms with E-state index in [0.29, 0.717) is 23.7 Å². The Labute approximate surface area is 136 Å². The van der Waals surface area contributed by atoms with E-state index >= 15 is 0 Å². The summed E-state index contributed by atoms with van der Waals surface area (Å²) in [4.78, 5) is 27.8. The Morgan fingerprint density at radius 1 is 1.00 bits per heavy atom. The molecule has 0 amide bonds. The maximum Gasteiger partial charge on any atom is 0.253 e. The molecule has 2 N–H and O–H groups in total. The topological polar surface area (TPSA) is 89.6 Å². The minimum atomic E-state index is -0.545. The molecule has 3 aromatic rings. The second-order valence-electron chi connectivity index (χ2n) is 5.28. The Kier molecular flexibility index (Phi) is 3.38. The molecule has 7 nitrogen and oxygen atoms in total. The van der Waals surface area contributed by atoms with Crippen molar-refractivity contribution >= 4 is 17.1 Å². The quantitative estimate of drug-likeness (QED) is 0.692. The van der Waals surface area contributed by atoms with E-state index in [4.69, 9.17) is 9.47 Å². The van der Waals surface area contributed by atoms with Gasteiger partial charge in [0.05, 0.1) is 12.2 Å². The van der Waals surface area contributed by atoms with Gasteiger partial charge in [-0.3, -0.25) is 14.6 Å². The molecule has 0 saturated heterocycles. The number of nitrogens with one attached hydrogen (secondary N) is 2. The third-order valence-corrected chi connectivity index (χ3v) is 3.72. The highest BCUT2D eigenvalue weighted by molar-refractivity contribution is 5.79. The summed E-state index contributed by atoms with van der Waals surface area (Å²) >= 11 is 0. The predicted molar refractivity (Wildman–Crippen MR) is 88.8 cm³/mol. The van der Waals surface area contributed by atoms with Crippen LogP contribution in [0.5, 0.6) is 11.5 Å². The second-order valence-corrected chi connectivity index (χ2v) is 5.28. The molecule has 0 radical (unpaired) electrons. The first-order valence-electron chi connectivity index (χ1n) is 7.36. The van der Waals surface area contributed by atoms with Gasteiger partial charge < -0.3 is 20.1 Å². The normalized spacial score (nSPS) is 12.3. The molecule has 0 saturated carbocycles. The molecular weight excluding hydrogens is 310 g/mol. The van der Waals surface area contributed by atoms with Crippen molar-refractivity contribution in [2.45, 2.75) is 6.54 Å². The Morgan fingerprint density at radius 2 is 1.83 bits per heavy atom. The Bertz CT molecular complexity index is 962. The molecule has 4 rings (SSSR count). The zero-order chi connectivity index (χ0) is 16.5. The fourth-order valence-electron chi connectivity index (χ4n) is 2.48. The fraction of sp³-hybridized carbons (Fsp3) is 0.118. The minimum absolute atomic E-state index is 0.176. The zero-order valence-electron chi connectivity index (χ0n) is 12.5. The lowest BCUT2D eigenvalue weighted by atomic mass is 10.1. The van der Waals surface area contributed by atoms with E-state index in [1.807, 2.05) is 18.2 Å². The van der Waals surface area contributed by atoms with Crippen molar-refractivity contribution in [3.05, 3.63) is 68.7 Å². The molecule has 0 fully saturated rings. The molecule has 1 aliphatic rings. The van der Waals surface area contributed by atoms with Gasteiger partial charge in [-0.1, -0.05) is 6.07 Å². The molecule has 1 aliphatic heterocycles. The van der Waals surface area contributed by atoms with Crippen molar-refractivity contribution in [1.29, 1.82) is 0 Å². The van der Waals surface area contributed by atoms with Gasteiger partial charge in [0.2, 0.25) is 6.79 Å². The highest BCUT2D eigenvalue weighted by Gasteiger charge is 2.22. The van der Waals surface area contributed by atoms with Crippen LogP contribution in [0.15, 0.2) is 52.2 Å². The highest BCUT2D eigenvalue weighted by Crippen LogP contribution is 2.35. The third kappa shape index (κ3) is 2.45. The number of nitrogens with zero attached hydrogens (tertiary/aromatic N) is 1. The van der Waals surface area contributed by atoms with E-state index in [1.165, 1.54) is 0 Å². The van der Waals surface area contributed by atoms with Crippen molar-refractivity contribution in [3.8, 4) is 11.5 Å². The number of aromatic nitrogens is 1. The van der Waals surface area contributed by atoms with Gasteiger partial charge in [0, 0.05) is 18.0 Å². The van der Waals surface area contributed by atoms with E-state index in [0.717, 1.165) is 5.69 Å². The first-order chi connectivity index (χ1) is 11.7. The average Bonchev–Trinajstić information content (AvgIpc) is 3.09. The lowest BCUT2D eigenvalue weighted by Gasteiger charge is -2.15. The van der Waals surface area contributed by atoms with E-state index in [9.17, 15) is 9.59 Å². The lowest BCUT2D eigenvalue weighted by Crippen LogP contribution is -2.36. The van der Waals surface area contributed by atoms with E-state index in [-0.39, 0.29) is 18.2 Å². The maximum absolute atomic E-state index is 11.8. The van der Waals surface area contributed by atoms with Gasteiger partial charge in [-0.2, -0.15) is 0 Å². The molecule has 120 valence electrons. The molecule has 1 aromatic heterocycles. The number of benzene rings is 1. The summed E-state index contributed by atoms with van der Waals surface area (Å²) < 4.78 is 10.5. The van der Waals surface area contributed by atoms with Gasteiger partial charge in [-0.05, 0) is 24.3 Å². The smallest absolute Gasteiger partial charge is 0.253 e. The molecule has 24 heavy (non-hydrogen) atoms. The van der Waals surface area contributed by atoms with Crippen LogP contribution in [-0.4, -0.2) is 11.8 Å². The molecule has 0 bridgehead atoms. The number of ether oxygens (including phenoxy) is 2. The summed E-state index contributed by atoms with van der Waals surface area (Å²) in [6.07, 6.45) is 1.67. The Balaban J connectivity index is 1.53. The summed E-state index contributed by atoms with van der Waals surface area (Å²) in [5.74, 6) is 1.25. The number of rotatable bonds is 5. The molecule has 0 atom stereocenters. The van der Waals surface area contributed by atoms with Gasteiger partial charge >= 0.3 is 0 Å². The maximum atomic E-state index is 11.8. The average molecular weight is 323 g/mol. The summed E-state index contributed by atoms with van der Waals surface area (Å²) in [6, 6.07) is 10.7. The van der Waals surface area contributed by atoms with Gasteiger partial charge in [0.15, 0.2) is 11.5 Å². The molecule has 2 aromatic carbocycles. The fourth-order valence-corrected chi connectivity index (χ4v) is 2.48. The van der Waals surface area contributed by atoms with E-state index < -0.39 is 10.9 Å². The van der Waals surface area contributed by atoms with Crippen LogP contribution in [0, 0.1) is 0 Å². The van der Waals surface area contributed by atoms with Crippen molar-refractivity contribution < 1.29 is 9.47 Å². The molecule has 0 aliphatic carbocycles. The summed E-state index contributed by atoms with van der Waals surface area (Å²) in [6.45, 7) is 0.539. The largest absolute Gasteiger partial charge is 0.454 e. The van der Waals surface area contributed by atoms with Crippen LogP contribution in [0.4, 0.5) is 17.1 Å². The molecule has 0 spiro atoms. The summed E-state index contributed by atoms with van der Waals surface area (Å²) in [5.41, 5.74) is 0.857. The summed E-state index contributed by atoms with van der Waals surface area (Å²) in [5, 5.41) is 5.93. The van der Waals surface area contributed by atoms with E-state index in [2.05, 4.69) is 15.6 Å². The second kappa shape index (κ2) is 5.69. The van der Waals surface area contributed by atoms with Crippen molar-refractivity contribution in [1.82, 2.24) is 4.98 Å². The molecule has 2 heterocycles. The first-order valence-corrected chi connectivity index (χ1v) is 7.36. The van der Waals surface area contributed by atoms with Crippen LogP contribution in [0.2, 0.25) is 0 Å². The predicted octanol–water partition coefficient (Wildman–Crippen LogP) is 1.76. The highest BCUT2D eigenvalue weighted by atomic mass is 16.7. The standard InChI is InChI=1S/C17H13N3O4/c21-16-14(19-8-11-3-1-2-6-18-11)15(17(16)22)20-10-4-5-12-13(7-10)24-9-23-12/h1-7,19-20H,8-9H2. The monoisotopic (exact) mass is 323 g/mol. The molecule has 7 heteroatoms. The van der Waals surface area contributed by atoms with Gasteiger partial charge in [0.25, 0.3) is 10.9 Å². The van der Waals surface area contributed by atoms with Crippen molar-refractivity contribution in [3.63, 3.8) is 0 Å². The SMILES string of the molecule is O=c1c(NCc2ccccn2)c(Nc2ccc3c(c2)OCO3)c1=O. The Hall–Kier alpha value is -3.35. The van der Waals surface area contributed by atoms with Gasteiger partial charge in [-0.25, -0.2) is 0 Å². The summed E-state index contributed by atoms with van der Waals surface area (Å²) in [7, 11) is 0. The number of anilines is 3. The molecule has 0 unspecified atom stereocenters. The van der Waals surface area contributed by atoms with Crippen LogP contribution < -0.4 is 31.0 Å². The van der Waals surface area contributed by atoms with Crippen LogP contribution in [0.1, 0.15) is 5.69 Å². The number of hydrogen-bond donors (Lipinski definition) is 2. The number of hydrogen-bond acceptors (Lipinski definition) is 7.